The van der Waals surface area contributed by atoms with Gasteiger partial charge in [-0.2, -0.15) is 0 Å². The van der Waals surface area contributed by atoms with Gasteiger partial charge in [-0.1, -0.05) is 0 Å². The standard InChI is InChI=1S/C11H11NO6S/c1-18-10(13)4-5-19-7-2-3-8(11(14)15)9(6-7)12(16)17/h2-3,6H,4-5H2,1H3,(H,14,15). The first-order chi connectivity index (χ1) is 8.95. The molecule has 0 radical (unpaired) electrons. The van der Waals surface area contributed by atoms with Gasteiger partial charge in [0.1, 0.15) is 5.56 Å². The molecule has 102 valence electrons. The van der Waals surface area contributed by atoms with Crippen LogP contribution in [0, 0.1) is 10.1 Å². The van der Waals surface area contributed by atoms with Crippen LogP contribution in [0.3, 0.4) is 0 Å². The maximum absolute atomic E-state index is 10.9. The van der Waals surface area contributed by atoms with Gasteiger partial charge in [-0.05, 0) is 12.1 Å². The summed E-state index contributed by atoms with van der Waals surface area (Å²) in [5.41, 5.74) is -0.821. The summed E-state index contributed by atoms with van der Waals surface area (Å²) in [4.78, 5) is 32.3. The lowest BCUT2D eigenvalue weighted by atomic mass is 10.2. The van der Waals surface area contributed by atoms with Crippen LogP contribution in [0.5, 0.6) is 0 Å². The van der Waals surface area contributed by atoms with Crippen molar-refractivity contribution in [1.29, 1.82) is 0 Å². The van der Waals surface area contributed by atoms with Crippen molar-refractivity contribution < 1.29 is 24.4 Å². The zero-order valence-corrected chi connectivity index (χ0v) is 10.8. The molecule has 0 aliphatic heterocycles. The van der Waals surface area contributed by atoms with Gasteiger partial charge in [0.05, 0.1) is 18.5 Å². The van der Waals surface area contributed by atoms with Crippen LogP contribution in [0.1, 0.15) is 16.8 Å². The number of hydrogen-bond acceptors (Lipinski definition) is 6. The van der Waals surface area contributed by atoms with E-state index in [1.54, 1.807) is 0 Å². The lowest BCUT2D eigenvalue weighted by Crippen LogP contribution is -2.03. The molecule has 7 nitrogen and oxygen atoms in total. The first-order valence-corrected chi connectivity index (χ1v) is 6.15. The molecule has 0 saturated heterocycles. The molecular weight excluding hydrogens is 274 g/mol. The van der Waals surface area contributed by atoms with Gasteiger partial charge in [0.25, 0.3) is 5.69 Å². The van der Waals surface area contributed by atoms with E-state index in [2.05, 4.69) is 4.74 Å². The van der Waals surface area contributed by atoms with Crippen molar-refractivity contribution in [2.24, 2.45) is 0 Å². The second-order valence-electron chi connectivity index (χ2n) is 3.42. The summed E-state index contributed by atoms with van der Waals surface area (Å²) in [5.74, 6) is -1.32. The highest BCUT2D eigenvalue weighted by molar-refractivity contribution is 7.99. The van der Waals surface area contributed by atoms with Gasteiger partial charge in [0.15, 0.2) is 0 Å². The number of carbonyl (C=O) groups excluding carboxylic acids is 1. The van der Waals surface area contributed by atoms with Crippen molar-refractivity contribution in [2.75, 3.05) is 12.9 Å². The lowest BCUT2D eigenvalue weighted by Gasteiger charge is -2.03. The Morgan fingerprint density at radius 3 is 2.68 bits per heavy atom. The third-order valence-corrected chi connectivity index (χ3v) is 3.19. The van der Waals surface area contributed by atoms with Gasteiger partial charge in [0.2, 0.25) is 0 Å². The van der Waals surface area contributed by atoms with Crippen molar-refractivity contribution in [1.82, 2.24) is 0 Å². The Hall–Kier alpha value is -2.09. The first kappa shape index (κ1) is 15.0. The molecule has 1 aromatic rings. The zero-order chi connectivity index (χ0) is 14.4. The number of hydrogen-bond donors (Lipinski definition) is 1. The van der Waals surface area contributed by atoms with E-state index in [4.69, 9.17) is 5.11 Å². The third kappa shape index (κ3) is 4.25. The molecule has 0 saturated carbocycles. The van der Waals surface area contributed by atoms with E-state index < -0.39 is 16.6 Å². The molecule has 8 heteroatoms. The summed E-state index contributed by atoms with van der Waals surface area (Å²) in [6.07, 6.45) is 0.176. The predicted molar refractivity (Wildman–Crippen MR) is 67.4 cm³/mol. The van der Waals surface area contributed by atoms with Gasteiger partial charge in [-0.15, -0.1) is 11.8 Å². The van der Waals surface area contributed by atoms with Crippen LogP contribution >= 0.6 is 11.8 Å². The quantitative estimate of drug-likeness (QED) is 0.368. The van der Waals surface area contributed by atoms with Gasteiger partial charge in [-0.25, -0.2) is 4.79 Å². The molecule has 0 fully saturated rings. The number of rotatable bonds is 6. The third-order valence-electron chi connectivity index (χ3n) is 2.20. The molecule has 0 aromatic heterocycles. The van der Waals surface area contributed by atoms with Gasteiger partial charge < -0.3 is 9.84 Å². The molecule has 0 heterocycles. The normalized spacial score (nSPS) is 9.95. The minimum Gasteiger partial charge on any atom is -0.477 e. The summed E-state index contributed by atoms with van der Waals surface area (Å²) < 4.78 is 4.46. The number of aromatic carboxylic acids is 1. The number of nitro groups is 1. The Bertz CT molecular complexity index is 516. The molecule has 0 atom stereocenters. The van der Waals surface area contributed by atoms with Crippen LogP contribution in [0.25, 0.3) is 0 Å². The van der Waals surface area contributed by atoms with Crippen molar-refractivity contribution in [3.8, 4) is 0 Å². The fourth-order valence-corrected chi connectivity index (χ4v) is 2.15. The Morgan fingerprint density at radius 1 is 1.47 bits per heavy atom. The molecule has 0 aliphatic carbocycles. The average molecular weight is 285 g/mol. The molecular formula is C11H11NO6S. The summed E-state index contributed by atoms with van der Waals surface area (Å²) in [5, 5.41) is 19.6. The van der Waals surface area contributed by atoms with Gasteiger partial charge >= 0.3 is 11.9 Å². The minimum absolute atomic E-state index is 0.176. The molecule has 1 rings (SSSR count). The van der Waals surface area contributed by atoms with Crippen LogP contribution in [0.2, 0.25) is 0 Å². The SMILES string of the molecule is COC(=O)CCSc1ccc(C(=O)O)c([N+](=O)[O-])c1. The molecule has 0 amide bonds. The second-order valence-corrected chi connectivity index (χ2v) is 4.58. The van der Waals surface area contributed by atoms with Gasteiger partial charge in [-0.3, -0.25) is 14.9 Å². The van der Waals surface area contributed by atoms with Crippen LogP contribution in [-0.2, 0) is 9.53 Å². The first-order valence-electron chi connectivity index (χ1n) is 5.17. The molecule has 0 spiro atoms. The topological polar surface area (TPSA) is 107 Å². The molecule has 0 bridgehead atoms. The Morgan fingerprint density at radius 2 is 2.16 bits per heavy atom. The summed E-state index contributed by atoms with van der Waals surface area (Å²) in [7, 11) is 1.28. The maximum Gasteiger partial charge on any atom is 0.342 e. The lowest BCUT2D eigenvalue weighted by molar-refractivity contribution is -0.385. The highest BCUT2D eigenvalue weighted by atomic mass is 32.2. The van der Waals surface area contributed by atoms with Crippen LogP contribution in [0.15, 0.2) is 23.1 Å². The van der Waals surface area contributed by atoms with E-state index in [1.807, 2.05) is 0 Å². The Balaban J connectivity index is 2.81. The summed E-state index contributed by atoms with van der Waals surface area (Å²) in [6.45, 7) is 0. The predicted octanol–water partition coefficient (Wildman–Crippen LogP) is 1.95. The monoisotopic (exact) mass is 285 g/mol. The minimum atomic E-state index is -1.35. The van der Waals surface area contributed by atoms with Crippen molar-refractivity contribution in [3.05, 3.63) is 33.9 Å². The van der Waals surface area contributed by atoms with E-state index in [0.717, 1.165) is 0 Å². The van der Waals surface area contributed by atoms with E-state index in [1.165, 1.54) is 37.1 Å². The molecule has 0 unspecified atom stereocenters. The number of carboxylic acids is 1. The number of carboxylic acid groups (broad SMARTS) is 1. The number of methoxy groups -OCH3 is 1. The highest BCUT2D eigenvalue weighted by Gasteiger charge is 2.20. The molecule has 19 heavy (non-hydrogen) atoms. The van der Waals surface area contributed by atoms with Gasteiger partial charge in [0, 0.05) is 16.7 Å². The zero-order valence-electron chi connectivity index (χ0n) is 9.99. The Labute approximate surface area is 112 Å². The number of nitro benzene ring substituents is 1. The fraction of sp³-hybridized carbons (Fsp3) is 0.273. The summed E-state index contributed by atoms with van der Waals surface area (Å²) in [6, 6.07) is 3.84. The molecule has 1 N–H and O–H groups in total. The van der Waals surface area contributed by atoms with Crippen LogP contribution in [0.4, 0.5) is 5.69 Å². The highest BCUT2D eigenvalue weighted by Crippen LogP contribution is 2.27. The largest absolute Gasteiger partial charge is 0.477 e. The number of nitrogens with zero attached hydrogens (tertiary/aromatic N) is 1. The number of thioether (sulfide) groups is 1. The van der Waals surface area contributed by atoms with E-state index >= 15 is 0 Å². The number of esters is 1. The summed E-state index contributed by atoms with van der Waals surface area (Å²) >= 11 is 1.22. The van der Waals surface area contributed by atoms with Crippen LogP contribution in [-0.4, -0.2) is 34.8 Å². The van der Waals surface area contributed by atoms with Crippen LogP contribution < -0.4 is 0 Å². The second kappa shape index (κ2) is 6.74. The smallest absolute Gasteiger partial charge is 0.342 e. The van der Waals surface area contributed by atoms with Crippen molar-refractivity contribution in [2.45, 2.75) is 11.3 Å². The molecule has 0 aliphatic rings. The maximum atomic E-state index is 10.9. The number of ether oxygens (including phenoxy) is 1. The number of benzene rings is 1. The molecule has 1 aromatic carbocycles. The van der Waals surface area contributed by atoms with Crippen molar-refractivity contribution >= 4 is 29.4 Å². The van der Waals surface area contributed by atoms with Crippen molar-refractivity contribution in [3.63, 3.8) is 0 Å². The number of carbonyl (C=O) groups is 2. The fourth-order valence-electron chi connectivity index (χ4n) is 1.29. The Kier molecular flexibility index (Phi) is 5.31. The van der Waals surface area contributed by atoms with E-state index in [9.17, 15) is 19.7 Å². The van der Waals surface area contributed by atoms with E-state index in [-0.39, 0.29) is 18.0 Å². The average Bonchev–Trinajstić information content (AvgIpc) is 2.38. The van der Waals surface area contributed by atoms with E-state index in [0.29, 0.717) is 10.6 Å².